The molecule has 0 saturated carbocycles. The van der Waals surface area contributed by atoms with Gasteiger partial charge in [0.05, 0.1) is 5.69 Å². The van der Waals surface area contributed by atoms with Gasteiger partial charge in [-0.15, -0.1) is 0 Å². The molecule has 4 nitrogen and oxygen atoms in total. The predicted octanol–water partition coefficient (Wildman–Crippen LogP) is 1.05. The largest absolute Gasteiger partial charge is 0.396 e. The van der Waals surface area contributed by atoms with Crippen LogP contribution in [0.2, 0.25) is 0 Å². The fraction of sp³-hybridized carbons (Fsp3) is 0.364. The van der Waals surface area contributed by atoms with Crippen LogP contribution in [0.5, 0.6) is 0 Å². The summed E-state index contributed by atoms with van der Waals surface area (Å²) in [5.74, 6) is -2.92. The Kier molecular flexibility index (Phi) is 4.39. The van der Waals surface area contributed by atoms with Crippen LogP contribution in [0, 0.1) is 11.6 Å². The Morgan fingerprint density at radius 2 is 2.18 bits per heavy atom. The van der Waals surface area contributed by atoms with Crippen molar-refractivity contribution in [2.24, 2.45) is 0 Å². The Labute approximate surface area is 97.4 Å². The molecular weight excluding hydrogens is 230 g/mol. The lowest BCUT2D eigenvalue weighted by Gasteiger charge is -2.13. The third-order valence-corrected chi connectivity index (χ3v) is 2.29. The zero-order chi connectivity index (χ0) is 13.0. The maximum atomic E-state index is 13.5. The first-order valence-electron chi connectivity index (χ1n) is 5.12. The van der Waals surface area contributed by atoms with Crippen LogP contribution in [-0.2, 0) is 0 Å². The molecule has 1 rings (SSSR count). The second-order valence-electron chi connectivity index (χ2n) is 3.71. The summed E-state index contributed by atoms with van der Waals surface area (Å²) in [5, 5.41) is 11.0. The molecule has 0 aliphatic rings. The number of hydrogen-bond acceptors (Lipinski definition) is 3. The summed E-state index contributed by atoms with van der Waals surface area (Å²) in [6.45, 7) is 1.50. The number of aliphatic hydroxyl groups excluding tert-OH is 1. The molecule has 4 N–H and O–H groups in total. The molecule has 94 valence electrons. The van der Waals surface area contributed by atoms with Gasteiger partial charge in [0.1, 0.15) is 11.4 Å². The molecule has 0 aliphatic heterocycles. The Morgan fingerprint density at radius 1 is 1.53 bits per heavy atom. The van der Waals surface area contributed by atoms with Crippen molar-refractivity contribution in [3.8, 4) is 0 Å². The summed E-state index contributed by atoms with van der Waals surface area (Å²) in [4.78, 5) is 11.6. The number of hydrogen-bond donors (Lipinski definition) is 3. The van der Waals surface area contributed by atoms with E-state index in [4.69, 9.17) is 10.8 Å². The highest BCUT2D eigenvalue weighted by atomic mass is 19.1. The van der Waals surface area contributed by atoms with Crippen molar-refractivity contribution in [3.63, 3.8) is 0 Å². The van der Waals surface area contributed by atoms with Crippen LogP contribution in [0.15, 0.2) is 12.1 Å². The van der Waals surface area contributed by atoms with Crippen molar-refractivity contribution < 1.29 is 18.7 Å². The van der Waals surface area contributed by atoms with E-state index in [9.17, 15) is 13.6 Å². The van der Waals surface area contributed by atoms with Gasteiger partial charge in [-0.2, -0.15) is 0 Å². The zero-order valence-corrected chi connectivity index (χ0v) is 9.34. The van der Waals surface area contributed by atoms with Crippen LogP contribution in [0.3, 0.4) is 0 Å². The van der Waals surface area contributed by atoms with Crippen molar-refractivity contribution in [1.82, 2.24) is 5.32 Å². The molecule has 0 bridgehead atoms. The Hall–Kier alpha value is -1.69. The van der Waals surface area contributed by atoms with Gasteiger partial charge in [-0.25, -0.2) is 8.78 Å². The van der Waals surface area contributed by atoms with Crippen LogP contribution in [0.4, 0.5) is 14.5 Å². The second kappa shape index (κ2) is 5.58. The van der Waals surface area contributed by atoms with Crippen LogP contribution in [-0.4, -0.2) is 23.7 Å². The number of carbonyl (C=O) groups is 1. The summed E-state index contributed by atoms with van der Waals surface area (Å²) in [6.07, 6.45) is 0.303. The molecule has 0 radical (unpaired) electrons. The van der Waals surface area contributed by atoms with Gasteiger partial charge in [0.2, 0.25) is 0 Å². The van der Waals surface area contributed by atoms with E-state index in [1.54, 1.807) is 6.92 Å². The third-order valence-electron chi connectivity index (χ3n) is 2.29. The topological polar surface area (TPSA) is 75.3 Å². The Balaban J connectivity index is 2.93. The molecule has 6 heteroatoms. The highest BCUT2D eigenvalue weighted by Gasteiger charge is 2.20. The number of anilines is 1. The van der Waals surface area contributed by atoms with E-state index in [1.807, 2.05) is 0 Å². The highest BCUT2D eigenvalue weighted by molar-refractivity contribution is 5.95. The Morgan fingerprint density at radius 3 is 2.76 bits per heavy atom. The van der Waals surface area contributed by atoms with E-state index in [2.05, 4.69) is 5.32 Å². The number of nitrogen functional groups attached to an aromatic ring is 1. The van der Waals surface area contributed by atoms with Crippen molar-refractivity contribution in [2.45, 2.75) is 19.4 Å². The predicted molar refractivity (Wildman–Crippen MR) is 59.4 cm³/mol. The van der Waals surface area contributed by atoms with Crippen LogP contribution in [0.1, 0.15) is 23.7 Å². The van der Waals surface area contributed by atoms with Gasteiger partial charge in [-0.1, -0.05) is 0 Å². The van der Waals surface area contributed by atoms with Gasteiger partial charge in [-0.3, -0.25) is 4.79 Å². The van der Waals surface area contributed by atoms with E-state index in [1.165, 1.54) is 0 Å². The number of aliphatic hydroxyl groups is 1. The number of benzene rings is 1. The maximum Gasteiger partial charge on any atom is 0.257 e. The first-order chi connectivity index (χ1) is 7.97. The lowest BCUT2D eigenvalue weighted by molar-refractivity contribution is 0.0926. The third kappa shape index (κ3) is 3.13. The summed E-state index contributed by atoms with van der Waals surface area (Å²) in [7, 11) is 0. The fourth-order valence-electron chi connectivity index (χ4n) is 1.34. The van der Waals surface area contributed by atoms with Gasteiger partial charge < -0.3 is 16.2 Å². The van der Waals surface area contributed by atoms with E-state index < -0.39 is 23.1 Å². The van der Waals surface area contributed by atoms with E-state index in [-0.39, 0.29) is 18.3 Å². The number of carbonyl (C=O) groups excluding carboxylic acids is 1. The molecule has 0 fully saturated rings. The van der Waals surface area contributed by atoms with Gasteiger partial charge in [0.15, 0.2) is 5.82 Å². The van der Waals surface area contributed by atoms with Crippen molar-refractivity contribution in [2.75, 3.05) is 12.3 Å². The average molecular weight is 244 g/mol. The van der Waals surface area contributed by atoms with Crippen molar-refractivity contribution in [1.29, 1.82) is 0 Å². The zero-order valence-electron chi connectivity index (χ0n) is 9.34. The van der Waals surface area contributed by atoms with Crippen LogP contribution >= 0.6 is 0 Å². The van der Waals surface area contributed by atoms with Gasteiger partial charge in [0, 0.05) is 12.6 Å². The number of nitrogens with one attached hydrogen (secondary N) is 1. The minimum Gasteiger partial charge on any atom is -0.396 e. The second-order valence-corrected chi connectivity index (χ2v) is 3.71. The van der Waals surface area contributed by atoms with Gasteiger partial charge >= 0.3 is 0 Å². The minimum atomic E-state index is -1.07. The Bertz CT molecular complexity index is 424. The number of halogens is 2. The van der Waals surface area contributed by atoms with Gasteiger partial charge in [0.25, 0.3) is 5.91 Å². The number of amides is 1. The molecule has 1 aromatic carbocycles. The molecule has 0 spiro atoms. The van der Waals surface area contributed by atoms with Gasteiger partial charge in [-0.05, 0) is 25.5 Å². The molecule has 17 heavy (non-hydrogen) atoms. The molecule has 0 aliphatic carbocycles. The van der Waals surface area contributed by atoms with Crippen LogP contribution < -0.4 is 11.1 Å². The number of rotatable bonds is 4. The van der Waals surface area contributed by atoms with E-state index in [0.717, 1.165) is 12.1 Å². The quantitative estimate of drug-likeness (QED) is 0.693. The monoisotopic (exact) mass is 244 g/mol. The summed E-state index contributed by atoms with van der Waals surface area (Å²) in [6, 6.07) is 1.61. The maximum absolute atomic E-state index is 13.5. The normalized spacial score (nSPS) is 12.2. The summed E-state index contributed by atoms with van der Waals surface area (Å²) >= 11 is 0. The highest BCUT2D eigenvalue weighted by Crippen LogP contribution is 2.18. The fourth-order valence-corrected chi connectivity index (χ4v) is 1.34. The summed E-state index contributed by atoms with van der Waals surface area (Å²) in [5.41, 5.74) is 4.27. The van der Waals surface area contributed by atoms with Crippen molar-refractivity contribution in [3.05, 3.63) is 29.3 Å². The van der Waals surface area contributed by atoms with E-state index in [0.29, 0.717) is 6.42 Å². The molecular formula is C11H14F2N2O2. The van der Waals surface area contributed by atoms with Crippen LogP contribution in [0.25, 0.3) is 0 Å². The molecule has 0 heterocycles. The minimum absolute atomic E-state index is 0.122. The van der Waals surface area contributed by atoms with Crippen molar-refractivity contribution >= 4 is 11.6 Å². The van der Waals surface area contributed by atoms with E-state index >= 15 is 0 Å². The molecule has 0 aromatic heterocycles. The molecule has 1 aromatic rings. The first-order valence-corrected chi connectivity index (χ1v) is 5.12. The lowest BCUT2D eigenvalue weighted by Crippen LogP contribution is -2.34. The smallest absolute Gasteiger partial charge is 0.257 e. The molecule has 0 saturated heterocycles. The number of nitrogens with two attached hydrogens (primary N) is 1. The molecule has 1 unspecified atom stereocenters. The molecule has 1 atom stereocenters. The molecule has 1 amide bonds. The average Bonchev–Trinajstić information content (AvgIpc) is 2.24. The lowest BCUT2D eigenvalue weighted by atomic mass is 10.1. The standard InChI is InChI=1S/C11H14F2N2O2/c1-6(4-5-16)15-11(17)9-7(12)2-3-8(14)10(9)13/h2-3,6,16H,4-5,14H2,1H3,(H,15,17). The summed E-state index contributed by atoms with van der Waals surface area (Å²) < 4.78 is 26.8. The SMILES string of the molecule is CC(CCO)NC(=O)c1c(F)ccc(N)c1F. The first kappa shape index (κ1) is 13.4.